The lowest BCUT2D eigenvalue weighted by molar-refractivity contribution is -0.111. The maximum absolute atomic E-state index is 12.4. The lowest BCUT2D eigenvalue weighted by Crippen LogP contribution is -2.13. The van der Waals surface area contributed by atoms with Crippen molar-refractivity contribution in [1.82, 2.24) is 19.7 Å². The molecule has 3 aromatic heterocycles. The molecule has 0 saturated carbocycles. The van der Waals surface area contributed by atoms with Gasteiger partial charge in [0.1, 0.15) is 5.65 Å². The molecule has 1 amide bonds. The molecule has 0 atom stereocenters. The van der Waals surface area contributed by atoms with Crippen LogP contribution in [0.25, 0.3) is 28.4 Å². The van der Waals surface area contributed by atoms with E-state index in [4.69, 9.17) is 0 Å². The number of anilines is 1. The van der Waals surface area contributed by atoms with Crippen molar-refractivity contribution in [2.24, 2.45) is 0 Å². The number of nitrogens with zero attached hydrogens (tertiary/aromatic N) is 3. The van der Waals surface area contributed by atoms with Crippen LogP contribution in [-0.2, 0) is 11.2 Å². The maximum Gasteiger partial charge on any atom is 0.256 e. The summed E-state index contributed by atoms with van der Waals surface area (Å²) in [5.41, 5.74) is 3.93. The van der Waals surface area contributed by atoms with Crippen LogP contribution in [0.3, 0.4) is 0 Å². The zero-order valence-corrected chi connectivity index (χ0v) is 19.1. The van der Waals surface area contributed by atoms with Gasteiger partial charge in [0.2, 0.25) is 5.91 Å². The zero-order valence-electron chi connectivity index (χ0n) is 18.3. The Balaban J connectivity index is 1.45. The van der Waals surface area contributed by atoms with Crippen LogP contribution in [0.2, 0.25) is 0 Å². The fourth-order valence-electron chi connectivity index (χ4n) is 3.45. The van der Waals surface area contributed by atoms with Gasteiger partial charge in [0.25, 0.3) is 5.56 Å². The predicted octanol–water partition coefficient (Wildman–Crippen LogP) is 5.03. The van der Waals surface area contributed by atoms with E-state index in [0.717, 1.165) is 29.5 Å². The summed E-state index contributed by atoms with van der Waals surface area (Å²) in [6.45, 7) is 6.15. The van der Waals surface area contributed by atoms with Crippen molar-refractivity contribution in [3.63, 3.8) is 0 Å². The molecule has 0 fully saturated rings. The van der Waals surface area contributed by atoms with Crippen molar-refractivity contribution < 1.29 is 4.79 Å². The number of amides is 1. The standard InChI is InChI=1S/C24H25N5O2S/c1-4-5-16-6-8-17(9-7-16)20-14-32-24(26-20)27-21(30)11-10-18-12-19-13-25-29(15(2)3)22(19)28-23(18)31/h6-15H,4-5H2,1-3H3,(H,28,31)(H,26,27,30)/b11-10+. The third-order valence-electron chi connectivity index (χ3n) is 5.05. The number of carbonyl (C=O) groups excluding carboxylic acids is 1. The second kappa shape index (κ2) is 9.32. The molecule has 0 saturated heterocycles. The second-order valence-electron chi connectivity index (χ2n) is 7.85. The lowest BCUT2D eigenvalue weighted by Gasteiger charge is -2.06. The summed E-state index contributed by atoms with van der Waals surface area (Å²) < 4.78 is 1.76. The van der Waals surface area contributed by atoms with Crippen LogP contribution in [0.4, 0.5) is 5.13 Å². The molecule has 0 aliphatic carbocycles. The van der Waals surface area contributed by atoms with Gasteiger partial charge in [-0.3, -0.25) is 14.9 Å². The van der Waals surface area contributed by atoms with Gasteiger partial charge in [-0.25, -0.2) is 9.67 Å². The topological polar surface area (TPSA) is 92.7 Å². The number of hydrogen-bond acceptors (Lipinski definition) is 5. The Morgan fingerprint density at radius 2 is 2.06 bits per heavy atom. The summed E-state index contributed by atoms with van der Waals surface area (Å²) >= 11 is 1.36. The minimum Gasteiger partial charge on any atom is -0.306 e. The Labute approximate surface area is 189 Å². The maximum atomic E-state index is 12.4. The minimum absolute atomic E-state index is 0.132. The van der Waals surface area contributed by atoms with E-state index in [9.17, 15) is 9.59 Å². The third-order valence-corrected chi connectivity index (χ3v) is 5.81. The van der Waals surface area contributed by atoms with E-state index in [1.165, 1.54) is 29.1 Å². The Hall–Kier alpha value is -3.52. The number of aryl methyl sites for hydroxylation is 1. The van der Waals surface area contributed by atoms with E-state index in [2.05, 4.69) is 51.6 Å². The van der Waals surface area contributed by atoms with Crippen molar-refractivity contribution >= 4 is 39.5 Å². The number of pyridine rings is 1. The Bertz CT molecular complexity index is 1330. The summed E-state index contributed by atoms with van der Waals surface area (Å²) in [7, 11) is 0. The highest BCUT2D eigenvalue weighted by Gasteiger charge is 2.10. The highest BCUT2D eigenvalue weighted by atomic mass is 32.1. The fraction of sp³-hybridized carbons (Fsp3) is 0.250. The van der Waals surface area contributed by atoms with Gasteiger partial charge in [0.05, 0.1) is 11.9 Å². The molecule has 3 heterocycles. The van der Waals surface area contributed by atoms with Crippen molar-refractivity contribution in [3.8, 4) is 11.3 Å². The average Bonchev–Trinajstić information content (AvgIpc) is 3.39. The van der Waals surface area contributed by atoms with E-state index < -0.39 is 0 Å². The molecule has 1 aromatic carbocycles. The molecule has 4 aromatic rings. The van der Waals surface area contributed by atoms with E-state index >= 15 is 0 Å². The Morgan fingerprint density at radius 1 is 1.28 bits per heavy atom. The number of benzene rings is 1. The number of fused-ring (bicyclic) bond motifs is 1. The molecule has 0 aliphatic rings. The molecule has 0 bridgehead atoms. The van der Waals surface area contributed by atoms with Crippen molar-refractivity contribution in [2.75, 3.05) is 5.32 Å². The molecule has 0 spiro atoms. The van der Waals surface area contributed by atoms with Crippen molar-refractivity contribution in [2.45, 2.75) is 39.7 Å². The smallest absolute Gasteiger partial charge is 0.256 e. The molecular weight excluding hydrogens is 422 g/mol. The van der Waals surface area contributed by atoms with Crippen molar-refractivity contribution in [1.29, 1.82) is 0 Å². The Morgan fingerprint density at radius 3 is 2.78 bits per heavy atom. The molecule has 0 radical (unpaired) electrons. The molecule has 32 heavy (non-hydrogen) atoms. The van der Waals surface area contributed by atoms with Crippen molar-refractivity contribution in [3.05, 3.63) is 69.5 Å². The molecule has 2 N–H and O–H groups in total. The van der Waals surface area contributed by atoms with E-state index in [-0.39, 0.29) is 17.5 Å². The minimum atomic E-state index is -0.346. The SMILES string of the molecule is CCCc1ccc(-c2csc(NC(=O)/C=C/c3cc4cnn(C(C)C)c4[nH]c3=O)n2)cc1. The van der Waals surface area contributed by atoms with Crippen LogP contribution in [0, 0.1) is 0 Å². The Kier molecular flexibility index (Phi) is 6.32. The molecule has 8 heteroatoms. The first kappa shape index (κ1) is 21.7. The number of aromatic nitrogens is 4. The van der Waals surface area contributed by atoms with Gasteiger partial charge in [-0.15, -0.1) is 11.3 Å². The third kappa shape index (κ3) is 4.70. The van der Waals surface area contributed by atoms with Gasteiger partial charge in [-0.1, -0.05) is 37.6 Å². The number of thiazole rings is 1. The van der Waals surface area contributed by atoms with Gasteiger partial charge in [-0.05, 0) is 38.0 Å². The summed E-state index contributed by atoms with van der Waals surface area (Å²) in [6.07, 6.45) is 6.71. The lowest BCUT2D eigenvalue weighted by atomic mass is 10.1. The van der Waals surface area contributed by atoms with Crippen LogP contribution in [0.1, 0.15) is 44.4 Å². The number of rotatable bonds is 7. The molecular formula is C24H25N5O2S. The van der Waals surface area contributed by atoms with Gasteiger partial charge < -0.3 is 4.98 Å². The van der Waals surface area contributed by atoms with Crippen LogP contribution in [0.5, 0.6) is 0 Å². The van der Waals surface area contributed by atoms with Gasteiger partial charge in [0.15, 0.2) is 5.13 Å². The molecule has 0 unspecified atom stereocenters. The number of carbonyl (C=O) groups is 1. The number of nitrogens with one attached hydrogen (secondary N) is 2. The van der Waals surface area contributed by atoms with E-state index in [1.807, 2.05) is 19.2 Å². The number of H-pyrrole nitrogens is 1. The first-order valence-corrected chi connectivity index (χ1v) is 11.5. The largest absolute Gasteiger partial charge is 0.306 e. The first-order valence-electron chi connectivity index (χ1n) is 10.6. The highest BCUT2D eigenvalue weighted by Crippen LogP contribution is 2.25. The van der Waals surface area contributed by atoms with Crippen LogP contribution in [0.15, 0.2) is 52.8 Å². The van der Waals surface area contributed by atoms with Crippen LogP contribution >= 0.6 is 11.3 Å². The summed E-state index contributed by atoms with van der Waals surface area (Å²) in [5.74, 6) is -0.346. The van der Waals surface area contributed by atoms with E-state index in [1.54, 1.807) is 16.9 Å². The average molecular weight is 448 g/mol. The van der Waals surface area contributed by atoms with Crippen LogP contribution in [-0.4, -0.2) is 25.7 Å². The van der Waals surface area contributed by atoms with Gasteiger partial charge in [-0.2, -0.15) is 5.10 Å². The zero-order chi connectivity index (χ0) is 22.7. The van der Waals surface area contributed by atoms with Gasteiger partial charge >= 0.3 is 0 Å². The number of hydrogen-bond donors (Lipinski definition) is 2. The quantitative estimate of drug-likeness (QED) is 0.389. The van der Waals surface area contributed by atoms with E-state index in [0.29, 0.717) is 16.3 Å². The second-order valence-corrected chi connectivity index (χ2v) is 8.71. The molecule has 164 valence electrons. The summed E-state index contributed by atoms with van der Waals surface area (Å²) in [5, 5.41) is 10.3. The molecule has 4 rings (SSSR count). The first-order chi connectivity index (χ1) is 15.4. The monoisotopic (exact) mass is 447 g/mol. The molecule has 7 nitrogen and oxygen atoms in total. The predicted molar refractivity (Wildman–Crippen MR) is 130 cm³/mol. The summed E-state index contributed by atoms with van der Waals surface area (Å²) in [6, 6.07) is 10.2. The number of aromatic amines is 1. The normalized spacial score (nSPS) is 11.6. The highest BCUT2D eigenvalue weighted by molar-refractivity contribution is 7.14. The fourth-order valence-corrected chi connectivity index (χ4v) is 4.17. The van der Waals surface area contributed by atoms with Gasteiger partial charge in [0, 0.05) is 34.0 Å². The summed E-state index contributed by atoms with van der Waals surface area (Å²) in [4.78, 5) is 32.1. The molecule has 0 aliphatic heterocycles. The van der Waals surface area contributed by atoms with Crippen LogP contribution < -0.4 is 10.9 Å².